The molecule has 0 heterocycles. The monoisotopic (exact) mass is 354 g/mol. The molecule has 0 saturated heterocycles. The summed E-state index contributed by atoms with van der Waals surface area (Å²) in [4.78, 5) is 2.08. The van der Waals surface area contributed by atoms with Gasteiger partial charge in [0, 0.05) is 6.92 Å². The Bertz CT molecular complexity index is 347. The van der Waals surface area contributed by atoms with Gasteiger partial charge in [-0.25, -0.2) is 0 Å². The topological polar surface area (TPSA) is 46.7 Å². The molecule has 0 saturated carbocycles. The number of hydrogen-bond donors (Lipinski definition) is 2. The summed E-state index contributed by atoms with van der Waals surface area (Å²) in [6, 6.07) is 0. The maximum absolute atomic E-state index is 10.4. The Labute approximate surface area is 149 Å². The first kappa shape index (κ1) is 24.8. The van der Waals surface area contributed by atoms with Gasteiger partial charge in [-0.15, -0.1) is 0 Å². The minimum absolute atomic E-state index is 0. The number of halogens is 1. The molecule has 0 bridgehead atoms. The summed E-state index contributed by atoms with van der Waals surface area (Å²) in [5.41, 5.74) is 0. The predicted octanol–water partition coefficient (Wildman–Crippen LogP) is -3.88. The number of nitrogens with zero attached hydrogens (tertiary/aromatic N) is 4. The van der Waals surface area contributed by atoms with E-state index in [0.717, 1.165) is 14.8 Å². The molecule has 2 atom stereocenters. The fraction of sp³-hybridized carbons (Fsp3) is 0.938. The minimum atomic E-state index is -0.425. The summed E-state index contributed by atoms with van der Waals surface area (Å²) < 4.78 is 3.46. The lowest BCUT2D eigenvalue weighted by Crippen LogP contribution is -3.00. The minimum Gasteiger partial charge on any atom is -1.00 e. The van der Waals surface area contributed by atoms with Crippen LogP contribution in [0.15, 0.2) is 0 Å². The van der Waals surface area contributed by atoms with Crippen LogP contribution in [-0.2, 0) is 0 Å². The molecule has 0 aromatic carbocycles. The van der Waals surface area contributed by atoms with Gasteiger partial charge >= 0.3 is 0 Å². The van der Waals surface area contributed by atoms with Crippen LogP contribution >= 0.6 is 0 Å². The molecule has 0 aromatic heterocycles. The van der Waals surface area contributed by atoms with E-state index in [4.69, 9.17) is 0 Å². The van der Waals surface area contributed by atoms with Gasteiger partial charge in [0.25, 0.3) is 0 Å². The van der Waals surface area contributed by atoms with E-state index in [1.165, 1.54) is 0 Å². The van der Waals surface area contributed by atoms with Crippen LogP contribution in [0.25, 0.3) is 0 Å². The largest absolute Gasteiger partial charge is 1.00 e. The Morgan fingerprint density at radius 3 is 1.39 bits per heavy atom. The van der Waals surface area contributed by atoms with Crippen molar-refractivity contribution in [3.8, 4) is 0 Å². The third-order valence-electron chi connectivity index (χ3n) is 3.48. The smallest absolute Gasteiger partial charge is 0.243 e. The maximum atomic E-state index is 10.4. The highest BCUT2D eigenvalue weighted by atomic mass is 35.5. The third kappa shape index (κ3) is 12.7. The highest BCUT2D eigenvalue weighted by molar-refractivity contribution is 5.74. The zero-order valence-corrected chi connectivity index (χ0v) is 17.3. The molecular weight excluding hydrogens is 316 g/mol. The van der Waals surface area contributed by atoms with Crippen LogP contribution in [0.3, 0.4) is 0 Å². The molecule has 0 aromatic rings. The number of aliphatic hydroxyl groups is 2. The van der Waals surface area contributed by atoms with E-state index in [-0.39, 0.29) is 12.4 Å². The standard InChI is InChI=1S/C16H39N4O2.ClH/c1-14(17(2)3)18(10-15(21)12-19(4,5)6)11-16(22)13-20(7,8)9;/h15-16,21-22H,10-13H2,1-9H3;1H/q+3;/p-1. The first-order valence-corrected chi connectivity index (χ1v) is 7.94. The van der Waals surface area contributed by atoms with Crippen molar-refractivity contribution in [1.82, 2.24) is 4.90 Å². The van der Waals surface area contributed by atoms with Crippen molar-refractivity contribution in [2.24, 2.45) is 0 Å². The summed E-state index contributed by atoms with van der Waals surface area (Å²) in [6.07, 6.45) is -0.850. The number of quaternary nitrogens is 2. The number of rotatable bonds is 8. The highest BCUT2D eigenvalue weighted by Gasteiger charge is 2.28. The molecule has 0 aliphatic heterocycles. The van der Waals surface area contributed by atoms with E-state index < -0.39 is 12.2 Å². The first-order valence-electron chi connectivity index (χ1n) is 7.94. The lowest BCUT2D eigenvalue weighted by Gasteiger charge is -2.31. The average molecular weight is 355 g/mol. The molecular formula is C16H39ClN4O2+2. The van der Waals surface area contributed by atoms with Gasteiger partial charge < -0.3 is 31.6 Å². The number of hydrogen-bond acceptors (Lipinski definition) is 2. The van der Waals surface area contributed by atoms with Crippen LogP contribution in [0.5, 0.6) is 0 Å². The van der Waals surface area contributed by atoms with Crippen molar-refractivity contribution < 1.29 is 36.2 Å². The quantitative estimate of drug-likeness (QED) is 0.203. The van der Waals surface area contributed by atoms with Gasteiger partial charge in [-0.2, -0.15) is 0 Å². The van der Waals surface area contributed by atoms with Gasteiger partial charge in [0.05, 0.1) is 56.4 Å². The van der Waals surface area contributed by atoms with Crippen molar-refractivity contribution >= 4 is 5.84 Å². The molecule has 6 nitrogen and oxygen atoms in total. The molecule has 0 radical (unpaired) electrons. The summed E-state index contributed by atoms with van der Waals surface area (Å²) >= 11 is 0. The zero-order valence-electron chi connectivity index (χ0n) is 16.5. The molecule has 140 valence electrons. The molecule has 2 unspecified atom stereocenters. The normalized spacial score (nSPS) is 14.7. The predicted molar refractivity (Wildman–Crippen MR) is 92.2 cm³/mol. The summed E-state index contributed by atoms with van der Waals surface area (Å²) in [5.74, 6) is 1.06. The SMILES string of the molecule is CC(N(CC(O)C[N+](C)(C)C)CC(O)C[N+](C)(C)C)=[N+](C)C.[Cl-]. The summed E-state index contributed by atoms with van der Waals surface area (Å²) in [7, 11) is 16.4. The van der Waals surface area contributed by atoms with Crippen LogP contribution in [0.2, 0.25) is 0 Å². The van der Waals surface area contributed by atoms with E-state index in [9.17, 15) is 10.2 Å². The van der Waals surface area contributed by atoms with Crippen molar-refractivity contribution in [2.75, 3.05) is 82.6 Å². The van der Waals surface area contributed by atoms with Crippen LogP contribution in [0.1, 0.15) is 6.92 Å². The van der Waals surface area contributed by atoms with Gasteiger partial charge in [0.15, 0.2) is 0 Å². The van der Waals surface area contributed by atoms with Gasteiger partial charge in [-0.3, -0.25) is 9.48 Å². The maximum Gasteiger partial charge on any atom is 0.243 e. The molecule has 0 aliphatic carbocycles. The molecule has 0 spiro atoms. The lowest BCUT2D eigenvalue weighted by atomic mass is 10.2. The van der Waals surface area contributed by atoms with Crippen molar-refractivity contribution in [1.29, 1.82) is 0 Å². The fourth-order valence-electron chi connectivity index (χ4n) is 2.51. The van der Waals surface area contributed by atoms with Gasteiger partial charge in [0.1, 0.15) is 38.4 Å². The van der Waals surface area contributed by atoms with Crippen molar-refractivity contribution in [3.05, 3.63) is 0 Å². The highest BCUT2D eigenvalue weighted by Crippen LogP contribution is 2.04. The lowest BCUT2D eigenvalue weighted by molar-refractivity contribution is -0.873. The van der Waals surface area contributed by atoms with Gasteiger partial charge in [-0.1, -0.05) is 0 Å². The van der Waals surface area contributed by atoms with Crippen molar-refractivity contribution in [3.63, 3.8) is 0 Å². The molecule has 0 amide bonds. The van der Waals surface area contributed by atoms with E-state index in [0.29, 0.717) is 26.2 Å². The second-order valence-corrected chi connectivity index (χ2v) is 8.60. The average Bonchev–Trinajstić information content (AvgIpc) is 2.21. The zero-order chi connectivity index (χ0) is 17.7. The number of amidine groups is 1. The van der Waals surface area contributed by atoms with Crippen LogP contribution in [0, 0.1) is 0 Å². The summed E-state index contributed by atoms with van der Waals surface area (Å²) in [5, 5.41) is 20.7. The second-order valence-electron chi connectivity index (χ2n) is 8.60. The van der Waals surface area contributed by atoms with Gasteiger partial charge in [-0.05, 0) is 0 Å². The number of aliphatic hydroxyl groups excluding tert-OH is 2. The molecule has 0 fully saturated rings. The Balaban J connectivity index is 0. The molecule has 0 aliphatic rings. The molecule has 2 N–H and O–H groups in total. The summed E-state index contributed by atoms with van der Waals surface area (Å²) in [6.45, 7) is 4.46. The van der Waals surface area contributed by atoms with Gasteiger partial charge in [0.2, 0.25) is 5.84 Å². The first-order chi connectivity index (χ1) is 9.71. The van der Waals surface area contributed by atoms with Crippen LogP contribution in [0.4, 0.5) is 0 Å². The second kappa shape index (κ2) is 9.79. The number of likely N-dealkylation sites (N-methyl/N-ethyl adjacent to an activating group) is 2. The Morgan fingerprint density at radius 2 is 1.17 bits per heavy atom. The van der Waals surface area contributed by atoms with E-state index in [2.05, 4.69) is 47.2 Å². The Kier molecular flexibility index (Phi) is 10.6. The van der Waals surface area contributed by atoms with E-state index in [1.54, 1.807) is 0 Å². The molecule has 23 heavy (non-hydrogen) atoms. The van der Waals surface area contributed by atoms with E-state index in [1.807, 2.05) is 25.6 Å². The van der Waals surface area contributed by atoms with Crippen LogP contribution in [-0.4, -0.2) is 129 Å². The van der Waals surface area contributed by atoms with Crippen molar-refractivity contribution in [2.45, 2.75) is 19.1 Å². The molecule has 0 rings (SSSR count). The Morgan fingerprint density at radius 1 is 0.870 bits per heavy atom. The third-order valence-corrected chi connectivity index (χ3v) is 3.48. The van der Waals surface area contributed by atoms with E-state index >= 15 is 0 Å². The van der Waals surface area contributed by atoms with Crippen LogP contribution < -0.4 is 12.4 Å². The molecule has 7 heteroatoms. The Hall–Kier alpha value is -0.400. The fourth-order valence-corrected chi connectivity index (χ4v) is 2.51.